The molecule has 2 heterocycles. The maximum absolute atomic E-state index is 12.7. The molecular formula is C19H23ClN4O3. The Bertz CT molecular complexity index is 767. The number of piperazine rings is 1. The van der Waals surface area contributed by atoms with Crippen LogP contribution in [-0.2, 0) is 10.3 Å². The zero-order chi connectivity index (χ0) is 18.6. The van der Waals surface area contributed by atoms with E-state index in [0.717, 1.165) is 5.69 Å². The van der Waals surface area contributed by atoms with Crippen molar-refractivity contribution < 1.29 is 14.7 Å². The zero-order valence-electron chi connectivity index (χ0n) is 15.0. The molecule has 2 aromatic rings. The second kappa shape index (κ2) is 8.73. The minimum atomic E-state index is -1.47. The number of anilines is 1. The molecule has 0 spiro atoms. The Morgan fingerprint density at radius 1 is 1.04 bits per heavy atom. The van der Waals surface area contributed by atoms with Gasteiger partial charge in [0.1, 0.15) is 0 Å². The average molecular weight is 391 g/mol. The fraction of sp³-hybridized carbons (Fsp3) is 0.316. The monoisotopic (exact) mass is 390 g/mol. The molecule has 1 aliphatic rings. The highest BCUT2D eigenvalue weighted by molar-refractivity contribution is 5.87. The summed E-state index contributed by atoms with van der Waals surface area (Å²) in [4.78, 5) is 32.3. The second-order valence-electron chi connectivity index (χ2n) is 6.41. The number of carbonyl (C=O) groups is 2. The van der Waals surface area contributed by atoms with E-state index in [-0.39, 0.29) is 18.4 Å². The van der Waals surface area contributed by atoms with Crippen LogP contribution < -0.4 is 10.2 Å². The smallest absolute Gasteiger partial charge is 0.333 e. The summed E-state index contributed by atoms with van der Waals surface area (Å²) in [6, 6.07) is 12.2. The zero-order valence-corrected chi connectivity index (χ0v) is 15.9. The van der Waals surface area contributed by atoms with Gasteiger partial charge in [-0.25, -0.2) is 9.59 Å². The molecule has 1 aromatic heterocycles. The minimum Gasteiger partial charge on any atom is -0.479 e. The Balaban J connectivity index is 0.00000261. The predicted octanol–water partition coefficient (Wildman–Crippen LogP) is 2.34. The van der Waals surface area contributed by atoms with Gasteiger partial charge in [0, 0.05) is 44.3 Å². The molecule has 0 radical (unpaired) electrons. The Labute approximate surface area is 164 Å². The van der Waals surface area contributed by atoms with Crippen LogP contribution in [0.5, 0.6) is 0 Å². The summed E-state index contributed by atoms with van der Waals surface area (Å²) < 4.78 is 0. The fourth-order valence-electron chi connectivity index (χ4n) is 3.04. The van der Waals surface area contributed by atoms with Crippen LogP contribution in [0.25, 0.3) is 0 Å². The highest BCUT2D eigenvalue weighted by Crippen LogP contribution is 2.22. The molecule has 2 amide bonds. The number of hydrogen-bond acceptors (Lipinski definition) is 4. The molecule has 7 nitrogen and oxygen atoms in total. The van der Waals surface area contributed by atoms with E-state index < -0.39 is 11.5 Å². The molecule has 3 rings (SSSR count). The van der Waals surface area contributed by atoms with Crippen LogP contribution in [-0.4, -0.2) is 53.2 Å². The van der Waals surface area contributed by atoms with Crippen LogP contribution in [0.4, 0.5) is 10.5 Å². The first-order valence-corrected chi connectivity index (χ1v) is 8.52. The molecule has 2 N–H and O–H groups in total. The van der Waals surface area contributed by atoms with Gasteiger partial charge in [-0.3, -0.25) is 4.98 Å². The van der Waals surface area contributed by atoms with Crippen molar-refractivity contribution in [3.63, 3.8) is 0 Å². The SMILES string of the molecule is CC(NC(=O)N1CCN(c2ccncc2)CC1)(C(=O)O)c1ccccc1.Cl. The van der Waals surface area contributed by atoms with Gasteiger partial charge < -0.3 is 20.2 Å². The number of aromatic nitrogens is 1. The lowest BCUT2D eigenvalue weighted by atomic mass is 9.92. The van der Waals surface area contributed by atoms with Crippen LogP contribution in [0.2, 0.25) is 0 Å². The van der Waals surface area contributed by atoms with Crippen LogP contribution >= 0.6 is 12.4 Å². The number of urea groups is 1. The minimum absolute atomic E-state index is 0. The number of nitrogens with one attached hydrogen (secondary N) is 1. The third-order valence-electron chi connectivity index (χ3n) is 4.73. The summed E-state index contributed by atoms with van der Waals surface area (Å²) in [7, 11) is 0. The maximum atomic E-state index is 12.7. The normalized spacial score (nSPS) is 16.0. The van der Waals surface area contributed by atoms with Crippen molar-refractivity contribution in [2.45, 2.75) is 12.5 Å². The van der Waals surface area contributed by atoms with E-state index in [4.69, 9.17) is 0 Å². The molecule has 27 heavy (non-hydrogen) atoms. The maximum Gasteiger partial charge on any atom is 0.333 e. The van der Waals surface area contributed by atoms with E-state index in [1.165, 1.54) is 6.92 Å². The van der Waals surface area contributed by atoms with Crippen molar-refractivity contribution in [3.05, 3.63) is 60.4 Å². The summed E-state index contributed by atoms with van der Waals surface area (Å²) in [5, 5.41) is 12.4. The lowest BCUT2D eigenvalue weighted by Crippen LogP contribution is -2.57. The number of carboxylic acids is 1. The summed E-state index contributed by atoms with van der Waals surface area (Å²) in [5.74, 6) is -1.09. The van der Waals surface area contributed by atoms with E-state index in [2.05, 4.69) is 15.2 Å². The molecule has 0 aliphatic carbocycles. The van der Waals surface area contributed by atoms with Crippen molar-refractivity contribution in [1.82, 2.24) is 15.2 Å². The van der Waals surface area contributed by atoms with Gasteiger partial charge in [-0.15, -0.1) is 12.4 Å². The molecule has 1 aliphatic heterocycles. The molecule has 1 fully saturated rings. The molecule has 1 saturated heterocycles. The third kappa shape index (κ3) is 4.49. The number of halogens is 1. The van der Waals surface area contributed by atoms with Crippen molar-refractivity contribution in [2.24, 2.45) is 0 Å². The van der Waals surface area contributed by atoms with Gasteiger partial charge in [0.25, 0.3) is 0 Å². The first-order valence-electron chi connectivity index (χ1n) is 8.52. The number of rotatable bonds is 4. The standard InChI is InChI=1S/C19H22N4O3.ClH/c1-19(17(24)25,15-5-3-2-4-6-15)21-18(26)23-13-11-22(12-14-23)16-7-9-20-10-8-16;/h2-10H,11-14H2,1H3,(H,21,26)(H,24,25);1H. The first-order chi connectivity index (χ1) is 12.5. The lowest BCUT2D eigenvalue weighted by molar-refractivity contribution is -0.144. The van der Waals surface area contributed by atoms with Gasteiger partial charge in [-0.05, 0) is 24.6 Å². The quantitative estimate of drug-likeness (QED) is 0.836. The molecule has 0 bridgehead atoms. The third-order valence-corrected chi connectivity index (χ3v) is 4.73. The number of pyridine rings is 1. The Kier molecular flexibility index (Phi) is 6.63. The van der Waals surface area contributed by atoms with Crippen LogP contribution in [0.3, 0.4) is 0 Å². The van der Waals surface area contributed by atoms with Crippen molar-refractivity contribution in [3.8, 4) is 0 Å². The first kappa shape index (κ1) is 20.5. The van der Waals surface area contributed by atoms with E-state index in [1.54, 1.807) is 41.6 Å². The van der Waals surface area contributed by atoms with Crippen molar-refractivity contribution in [2.75, 3.05) is 31.1 Å². The molecule has 1 atom stereocenters. The summed E-state index contributed by atoms with van der Waals surface area (Å²) in [6.07, 6.45) is 3.49. The molecule has 144 valence electrons. The molecule has 1 aromatic carbocycles. The fourth-order valence-corrected chi connectivity index (χ4v) is 3.04. The topological polar surface area (TPSA) is 85.8 Å². The second-order valence-corrected chi connectivity index (χ2v) is 6.41. The Morgan fingerprint density at radius 3 is 2.19 bits per heavy atom. The van der Waals surface area contributed by atoms with E-state index in [1.807, 2.05) is 18.2 Å². The van der Waals surface area contributed by atoms with Gasteiger partial charge in [0.05, 0.1) is 0 Å². The van der Waals surface area contributed by atoms with Crippen molar-refractivity contribution in [1.29, 1.82) is 0 Å². The van der Waals surface area contributed by atoms with Gasteiger partial charge in [0.2, 0.25) is 0 Å². The number of hydrogen-bond donors (Lipinski definition) is 2. The highest BCUT2D eigenvalue weighted by Gasteiger charge is 2.38. The number of nitrogens with zero attached hydrogens (tertiary/aromatic N) is 3. The summed E-state index contributed by atoms with van der Waals surface area (Å²) in [5.41, 5.74) is 0.136. The number of aliphatic carboxylic acids is 1. The molecular weight excluding hydrogens is 368 g/mol. The average Bonchev–Trinajstić information content (AvgIpc) is 2.69. The van der Waals surface area contributed by atoms with E-state index in [0.29, 0.717) is 31.7 Å². The lowest BCUT2D eigenvalue weighted by Gasteiger charge is -2.37. The predicted molar refractivity (Wildman–Crippen MR) is 105 cm³/mol. The Hall–Kier alpha value is -2.80. The molecule has 0 saturated carbocycles. The largest absolute Gasteiger partial charge is 0.479 e. The van der Waals surface area contributed by atoms with Gasteiger partial charge in [-0.2, -0.15) is 0 Å². The Morgan fingerprint density at radius 2 is 1.63 bits per heavy atom. The molecule has 1 unspecified atom stereocenters. The number of carbonyl (C=O) groups excluding carboxylic acids is 1. The van der Waals surface area contributed by atoms with Gasteiger partial charge in [-0.1, -0.05) is 30.3 Å². The van der Waals surface area contributed by atoms with Crippen LogP contribution in [0.15, 0.2) is 54.9 Å². The number of carboxylic acid groups (broad SMARTS) is 1. The van der Waals surface area contributed by atoms with Crippen LogP contribution in [0.1, 0.15) is 12.5 Å². The van der Waals surface area contributed by atoms with E-state index >= 15 is 0 Å². The van der Waals surface area contributed by atoms with Gasteiger partial charge in [0.15, 0.2) is 5.54 Å². The number of benzene rings is 1. The number of amides is 2. The summed E-state index contributed by atoms with van der Waals surface area (Å²) in [6.45, 7) is 3.94. The highest BCUT2D eigenvalue weighted by atomic mass is 35.5. The van der Waals surface area contributed by atoms with Crippen LogP contribution in [0, 0.1) is 0 Å². The van der Waals surface area contributed by atoms with Gasteiger partial charge >= 0.3 is 12.0 Å². The molecule has 8 heteroatoms. The van der Waals surface area contributed by atoms with E-state index in [9.17, 15) is 14.7 Å². The van der Waals surface area contributed by atoms with Crippen molar-refractivity contribution >= 4 is 30.1 Å². The summed E-state index contributed by atoms with van der Waals surface area (Å²) >= 11 is 0.